The number of benzene rings is 1. The number of rotatable bonds is 3. The third kappa shape index (κ3) is 2.52. The smallest absolute Gasteiger partial charge is 0.241 e. The monoisotopic (exact) mass is 258 g/mol. The summed E-state index contributed by atoms with van der Waals surface area (Å²) in [6.45, 7) is 3.14. The van der Waals surface area contributed by atoms with Crippen molar-refractivity contribution in [2.45, 2.75) is 38.6 Å². The molecule has 1 saturated heterocycles. The molecule has 3 atom stereocenters. The molecule has 1 aromatic rings. The van der Waals surface area contributed by atoms with Gasteiger partial charge in [-0.15, -0.1) is 0 Å². The number of hydrogen-bond donors (Lipinski definition) is 2. The maximum absolute atomic E-state index is 12.4. The van der Waals surface area contributed by atoms with E-state index in [2.05, 4.69) is 29.7 Å². The molecule has 2 N–H and O–H groups in total. The number of carbonyl (C=O) groups is 1. The van der Waals surface area contributed by atoms with Crippen molar-refractivity contribution in [1.82, 2.24) is 5.32 Å². The zero-order valence-electron chi connectivity index (χ0n) is 11.5. The van der Waals surface area contributed by atoms with Crippen molar-refractivity contribution in [3.8, 4) is 0 Å². The van der Waals surface area contributed by atoms with E-state index in [0.29, 0.717) is 5.92 Å². The first-order valence-corrected chi connectivity index (χ1v) is 7.41. The average Bonchev–Trinajstić information content (AvgIpc) is 3.01. The minimum absolute atomic E-state index is 0.0118. The van der Waals surface area contributed by atoms with Crippen molar-refractivity contribution in [1.29, 1.82) is 0 Å². The molecule has 102 valence electrons. The van der Waals surface area contributed by atoms with Gasteiger partial charge in [0.2, 0.25) is 5.91 Å². The predicted octanol–water partition coefficient (Wildman–Crippen LogP) is 2.58. The lowest BCUT2D eigenvalue weighted by atomic mass is 9.93. The second-order valence-electron chi connectivity index (χ2n) is 5.78. The Bertz CT molecular complexity index is 472. The van der Waals surface area contributed by atoms with Crippen molar-refractivity contribution < 1.29 is 4.79 Å². The summed E-state index contributed by atoms with van der Waals surface area (Å²) in [5.74, 6) is 1.41. The van der Waals surface area contributed by atoms with Crippen LogP contribution in [0.4, 0.5) is 5.69 Å². The van der Waals surface area contributed by atoms with E-state index in [0.717, 1.165) is 24.6 Å². The third-order valence-corrected chi connectivity index (χ3v) is 4.63. The molecule has 0 radical (unpaired) electrons. The Labute approximate surface area is 114 Å². The van der Waals surface area contributed by atoms with E-state index < -0.39 is 0 Å². The van der Waals surface area contributed by atoms with Gasteiger partial charge in [-0.2, -0.15) is 0 Å². The minimum atomic E-state index is 0.0118. The van der Waals surface area contributed by atoms with Gasteiger partial charge in [-0.25, -0.2) is 0 Å². The van der Waals surface area contributed by atoms with Gasteiger partial charge >= 0.3 is 0 Å². The number of anilines is 1. The molecule has 3 rings (SSSR count). The highest BCUT2D eigenvalue weighted by molar-refractivity contribution is 5.95. The van der Waals surface area contributed by atoms with Gasteiger partial charge in [0, 0.05) is 5.69 Å². The highest BCUT2D eigenvalue weighted by Crippen LogP contribution is 2.37. The second-order valence-corrected chi connectivity index (χ2v) is 5.78. The Morgan fingerprint density at radius 1 is 1.42 bits per heavy atom. The maximum atomic E-state index is 12.4. The highest BCUT2D eigenvalue weighted by Gasteiger charge is 2.42. The van der Waals surface area contributed by atoms with Gasteiger partial charge in [0.05, 0.1) is 6.04 Å². The van der Waals surface area contributed by atoms with Gasteiger partial charge in [0.15, 0.2) is 0 Å². The molecule has 2 fully saturated rings. The number of amides is 1. The lowest BCUT2D eigenvalue weighted by Crippen LogP contribution is -2.39. The molecule has 0 bridgehead atoms. The lowest BCUT2D eigenvalue weighted by Gasteiger charge is -2.18. The number of aryl methyl sites for hydroxylation is 1. The number of carbonyl (C=O) groups excluding carboxylic acids is 1. The van der Waals surface area contributed by atoms with Gasteiger partial charge in [-0.1, -0.05) is 25.5 Å². The molecule has 1 amide bonds. The summed E-state index contributed by atoms with van der Waals surface area (Å²) in [6.07, 6.45) is 4.76. The Morgan fingerprint density at radius 3 is 3.16 bits per heavy atom. The summed E-state index contributed by atoms with van der Waals surface area (Å²) in [4.78, 5) is 12.4. The van der Waals surface area contributed by atoms with E-state index in [4.69, 9.17) is 0 Å². The van der Waals surface area contributed by atoms with Crippen molar-refractivity contribution in [3.63, 3.8) is 0 Å². The fraction of sp³-hybridized carbons (Fsp3) is 0.562. The van der Waals surface area contributed by atoms with Gasteiger partial charge in [0.1, 0.15) is 0 Å². The molecule has 3 heteroatoms. The number of nitrogens with one attached hydrogen (secondary N) is 2. The fourth-order valence-electron chi connectivity index (χ4n) is 3.56. The fourth-order valence-corrected chi connectivity index (χ4v) is 3.56. The molecule has 1 aliphatic heterocycles. The van der Waals surface area contributed by atoms with Crippen molar-refractivity contribution >= 4 is 11.6 Å². The van der Waals surface area contributed by atoms with Crippen LogP contribution >= 0.6 is 0 Å². The van der Waals surface area contributed by atoms with Gasteiger partial charge in [-0.05, 0) is 55.3 Å². The zero-order chi connectivity index (χ0) is 13.2. The summed E-state index contributed by atoms with van der Waals surface area (Å²) in [5.41, 5.74) is 2.18. The number of hydrogen-bond acceptors (Lipinski definition) is 2. The highest BCUT2D eigenvalue weighted by atomic mass is 16.2. The van der Waals surface area contributed by atoms with Crippen LogP contribution in [0.1, 0.15) is 31.7 Å². The summed E-state index contributed by atoms with van der Waals surface area (Å²) < 4.78 is 0. The summed E-state index contributed by atoms with van der Waals surface area (Å²) >= 11 is 0. The molecular weight excluding hydrogens is 236 g/mol. The Balaban J connectivity index is 1.67. The molecular formula is C16H22N2O. The third-order valence-electron chi connectivity index (χ3n) is 4.63. The van der Waals surface area contributed by atoms with Crippen LogP contribution in [0.5, 0.6) is 0 Å². The molecule has 0 spiro atoms. The van der Waals surface area contributed by atoms with Gasteiger partial charge in [0.25, 0.3) is 0 Å². The van der Waals surface area contributed by atoms with Crippen LogP contribution in [0.15, 0.2) is 24.3 Å². The van der Waals surface area contributed by atoms with Crippen molar-refractivity contribution in [3.05, 3.63) is 29.8 Å². The lowest BCUT2D eigenvalue weighted by molar-refractivity contribution is -0.118. The summed E-state index contributed by atoms with van der Waals surface area (Å²) in [5, 5.41) is 6.46. The molecule has 3 nitrogen and oxygen atoms in total. The Morgan fingerprint density at radius 2 is 2.32 bits per heavy atom. The normalized spacial score (nSPS) is 29.2. The van der Waals surface area contributed by atoms with E-state index in [1.54, 1.807) is 0 Å². The molecule has 1 aliphatic carbocycles. The molecule has 3 unspecified atom stereocenters. The van der Waals surface area contributed by atoms with Crippen LogP contribution in [-0.2, 0) is 11.2 Å². The largest absolute Gasteiger partial charge is 0.325 e. The first-order chi connectivity index (χ1) is 9.28. The second kappa shape index (κ2) is 5.33. The summed E-state index contributed by atoms with van der Waals surface area (Å²) in [7, 11) is 0. The van der Waals surface area contributed by atoms with E-state index in [1.165, 1.54) is 24.8 Å². The molecule has 0 aromatic heterocycles. The van der Waals surface area contributed by atoms with Crippen molar-refractivity contribution in [2.75, 3.05) is 11.9 Å². The SMILES string of the molecule is CCc1cccc(NC(=O)C2NCC3CCCC32)c1. The van der Waals surface area contributed by atoms with Gasteiger partial charge in [-0.3, -0.25) is 4.79 Å². The van der Waals surface area contributed by atoms with E-state index in [-0.39, 0.29) is 11.9 Å². The van der Waals surface area contributed by atoms with Crippen LogP contribution in [-0.4, -0.2) is 18.5 Å². The van der Waals surface area contributed by atoms with Crippen LogP contribution in [0.3, 0.4) is 0 Å². The Hall–Kier alpha value is -1.35. The van der Waals surface area contributed by atoms with Crippen LogP contribution in [0, 0.1) is 11.8 Å². The van der Waals surface area contributed by atoms with E-state index >= 15 is 0 Å². The van der Waals surface area contributed by atoms with Gasteiger partial charge < -0.3 is 10.6 Å². The quantitative estimate of drug-likeness (QED) is 0.875. The zero-order valence-corrected chi connectivity index (χ0v) is 11.5. The van der Waals surface area contributed by atoms with E-state index in [9.17, 15) is 4.79 Å². The first-order valence-electron chi connectivity index (χ1n) is 7.41. The van der Waals surface area contributed by atoms with Crippen molar-refractivity contribution in [2.24, 2.45) is 11.8 Å². The first kappa shape index (κ1) is 12.7. The molecule has 2 aliphatic rings. The standard InChI is InChI=1S/C16H22N2O/c1-2-11-5-3-7-13(9-11)18-16(19)15-14-8-4-6-12(14)10-17-15/h3,5,7,9,12,14-15,17H,2,4,6,8,10H2,1H3,(H,18,19). The minimum Gasteiger partial charge on any atom is -0.325 e. The molecule has 1 saturated carbocycles. The topological polar surface area (TPSA) is 41.1 Å². The van der Waals surface area contributed by atoms with Crippen LogP contribution < -0.4 is 10.6 Å². The summed E-state index contributed by atoms with van der Waals surface area (Å²) in [6, 6.07) is 8.15. The molecule has 19 heavy (non-hydrogen) atoms. The molecule has 1 heterocycles. The Kier molecular flexibility index (Phi) is 3.56. The van der Waals surface area contributed by atoms with Crippen LogP contribution in [0.2, 0.25) is 0 Å². The number of fused-ring (bicyclic) bond motifs is 1. The van der Waals surface area contributed by atoms with Crippen LogP contribution in [0.25, 0.3) is 0 Å². The average molecular weight is 258 g/mol. The maximum Gasteiger partial charge on any atom is 0.241 e. The molecule has 1 aromatic carbocycles. The predicted molar refractivity (Wildman–Crippen MR) is 77.1 cm³/mol. The van der Waals surface area contributed by atoms with E-state index in [1.807, 2.05) is 12.1 Å².